The van der Waals surface area contributed by atoms with Crippen LogP contribution < -0.4 is 5.73 Å². The molecule has 4 nitrogen and oxygen atoms in total. The van der Waals surface area contributed by atoms with E-state index in [2.05, 4.69) is 4.98 Å². The van der Waals surface area contributed by atoms with Crippen molar-refractivity contribution in [3.8, 4) is 0 Å². The van der Waals surface area contributed by atoms with Gasteiger partial charge < -0.3 is 10.6 Å². The number of para-hydroxylation sites is 1. The first-order valence-corrected chi connectivity index (χ1v) is 6.88. The Kier molecular flexibility index (Phi) is 3.85. The summed E-state index contributed by atoms with van der Waals surface area (Å²) in [6.45, 7) is 4.35. The number of thiazole rings is 1. The van der Waals surface area contributed by atoms with E-state index in [9.17, 15) is 4.79 Å². The maximum absolute atomic E-state index is 12.4. The second-order valence-electron chi connectivity index (χ2n) is 4.56. The summed E-state index contributed by atoms with van der Waals surface area (Å²) in [5, 5.41) is 2.98. The Balaban J connectivity index is 2.17. The van der Waals surface area contributed by atoms with Gasteiger partial charge in [0.15, 0.2) is 0 Å². The summed E-state index contributed by atoms with van der Waals surface area (Å²) in [7, 11) is 1.76. The summed E-state index contributed by atoms with van der Waals surface area (Å²) in [6.07, 6.45) is 0. The highest BCUT2D eigenvalue weighted by atomic mass is 32.1. The summed E-state index contributed by atoms with van der Waals surface area (Å²) in [5.41, 5.74) is 8.89. The molecule has 2 rings (SSSR count). The normalized spacial score (nSPS) is 10.5. The number of anilines is 1. The van der Waals surface area contributed by atoms with Crippen molar-refractivity contribution in [1.29, 1.82) is 0 Å². The highest BCUT2D eigenvalue weighted by Crippen LogP contribution is 2.19. The lowest BCUT2D eigenvalue weighted by Crippen LogP contribution is -2.27. The first-order chi connectivity index (χ1) is 8.99. The number of carbonyl (C=O) groups is 1. The molecule has 0 unspecified atom stereocenters. The second kappa shape index (κ2) is 5.40. The molecule has 100 valence electrons. The number of hydrogen-bond donors (Lipinski definition) is 1. The third-order valence-electron chi connectivity index (χ3n) is 2.97. The molecule has 2 aromatic rings. The molecule has 0 aliphatic carbocycles. The number of carbonyl (C=O) groups excluding carboxylic acids is 1. The van der Waals surface area contributed by atoms with Crippen molar-refractivity contribution in [2.45, 2.75) is 20.4 Å². The summed E-state index contributed by atoms with van der Waals surface area (Å²) < 4.78 is 0. The highest BCUT2D eigenvalue weighted by molar-refractivity contribution is 7.09. The lowest BCUT2D eigenvalue weighted by molar-refractivity contribution is 0.0784. The molecule has 2 N–H and O–H groups in total. The van der Waals surface area contributed by atoms with Crippen LogP contribution in [0.25, 0.3) is 0 Å². The van der Waals surface area contributed by atoms with Crippen molar-refractivity contribution < 1.29 is 4.79 Å². The van der Waals surface area contributed by atoms with Crippen LogP contribution >= 0.6 is 11.3 Å². The standard InChI is InChI=1S/C14H17N3OS/c1-9-5-4-6-12(13(9)15)14(18)17(3)7-11-8-19-10(2)16-11/h4-6,8H,7,15H2,1-3H3. The molecule has 0 radical (unpaired) electrons. The Hall–Kier alpha value is -1.88. The van der Waals surface area contributed by atoms with Gasteiger partial charge in [0.2, 0.25) is 0 Å². The fourth-order valence-electron chi connectivity index (χ4n) is 1.87. The van der Waals surface area contributed by atoms with E-state index in [0.29, 0.717) is 17.8 Å². The Labute approximate surface area is 116 Å². The van der Waals surface area contributed by atoms with Gasteiger partial charge in [0.25, 0.3) is 5.91 Å². The minimum Gasteiger partial charge on any atom is -0.398 e. The number of amides is 1. The molecule has 0 atom stereocenters. The summed E-state index contributed by atoms with van der Waals surface area (Å²) in [4.78, 5) is 18.3. The van der Waals surface area contributed by atoms with E-state index in [1.807, 2.05) is 31.4 Å². The van der Waals surface area contributed by atoms with E-state index >= 15 is 0 Å². The first kappa shape index (κ1) is 13.5. The van der Waals surface area contributed by atoms with Gasteiger partial charge in [-0.25, -0.2) is 4.98 Å². The highest BCUT2D eigenvalue weighted by Gasteiger charge is 2.16. The molecule has 1 aromatic heterocycles. The zero-order valence-electron chi connectivity index (χ0n) is 11.3. The smallest absolute Gasteiger partial charge is 0.256 e. The third kappa shape index (κ3) is 2.93. The molecule has 0 fully saturated rings. The average Bonchev–Trinajstić information content (AvgIpc) is 2.77. The largest absolute Gasteiger partial charge is 0.398 e. The van der Waals surface area contributed by atoms with Gasteiger partial charge in [-0.15, -0.1) is 11.3 Å². The monoisotopic (exact) mass is 275 g/mol. The van der Waals surface area contributed by atoms with Gasteiger partial charge in [0, 0.05) is 18.1 Å². The number of aromatic nitrogens is 1. The van der Waals surface area contributed by atoms with E-state index in [1.54, 1.807) is 29.4 Å². The van der Waals surface area contributed by atoms with Crippen LogP contribution in [-0.2, 0) is 6.54 Å². The van der Waals surface area contributed by atoms with Crippen LogP contribution in [0.5, 0.6) is 0 Å². The fourth-order valence-corrected chi connectivity index (χ4v) is 2.47. The Morgan fingerprint density at radius 2 is 2.16 bits per heavy atom. The minimum absolute atomic E-state index is 0.0770. The number of rotatable bonds is 3. The number of nitrogens with zero attached hydrogens (tertiary/aromatic N) is 2. The van der Waals surface area contributed by atoms with E-state index in [0.717, 1.165) is 16.3 Å². The number of nitrogen functional groups attached to an aromatic ring is 1. The van der Waals surface area contributed by atoms with Gasteiger partial charge in [-0.05, 0) is 25.5 Å². The zero-order valence-corrected chi connectivity index (χ0v) is 12.1. The second-order valence-corrected chi connectivity index (χ2v) is 5.62. The number of hydrogen-bond acceptors (Lipinski definition) is 4. The van der Waals surface area contributed by atoms with Crippen LogP contribution in [0.4, 0.5) is 5.69 Å². The number of nitrogens with two attached hydrogens (primary N) is 1. The summed E-state index contributed by atoms with van der Waals surface area (Å²) >= 11 is 1.59. The quantitative estimate of drug-likeness (QED) is 0.876. The molecule has 5 heteroatoms. The van der Waals surface area contributed by atoms with Crippen LogP contribution in [0.3, 0.4) is 0 Å². The van der Waals surface area contributed by atoms with Crippen LogP contribution in [0.15, 0.2) is 23.6 Å². The SMILES string of the molecule is Cc1nc(CN(C)C(=O)c2cccc(C)c2N)cs1. The summed E-state index contributed by atoms with van der Waals surface area (Å²) in [5.74, 6) is -0.0770. The molecule has 0 saturated carbocycles. The minimum atomic E-state index is -0.0770. The van der Waals surface area contributed by atoms with Gasteiger partial charge in [-0.3, -0.25) is 4.79 Å². The topological polar surface area (TPSA) is 59.2 Å². The average molecular weight is 275 g/mol. The molecule has 0 spiro atoms. The molecule has 0 bridgehead atoms. The molecule has 0 aliphatic rings. The van der Waals surface area contributed by atoms with Crippen LogP contribution in [0, 0.1) is 13.8 Å². The fraction of sp³-hybridized carbons (Fsp3) is 0.286. The maximum Gasteiger partial charge on any atom is 0.256 e. The van der Waals surface area contributed by atoms with Crippen molar-refractivity contribution in [3.05, 3.63) is 45.4 Å². The summed E-state index contributed by atoms with van der Waals surface area (Å²) in [6, 6.07) is 5.50. The molecular weight excluding hydrogens is 258 g/mol. The van der Waals surface area contributed by atoms with E-state index in [4.69, 9.17) is 5.73 Å². The molecule has 1 aromatic carbocycles. The van der Waals surface area contributed by atoms with Crippen molar-refractivity contribution in [3.63, 3.8) is 0 Å². The lowest BCUT2D eigenvalue weighted by Gasteiger charge is -2.17. The van der Waals surface area contributed by atoms with E-state index in [1.165, 1.54) is 0 Å². The first-order valence-electron chi connectivity index (χ1n) is 6.00. The van der Waals surface area contributed by atoms with Crippen molar-refractivity contribution >= 4 is 22.9 Å². The number of benzene rings is 1. The Morgan fingerprint density at radius 3 is 2.79 bits per heavy atom. The van der Waals surface area contributed by atoms with Gasteiger partial charge in [0.1, 0.15) is 0 Å². The zero-order chi connectivity index (χ0) is 14.0. The molecular formula is C14H17N3OS. The maximum atomic E-state index is 12.4. The number of aryl methyl sites for hydroxylation is 2. The van der Waals surface area contributed by atoms with Crippen molar-refractivity contribution in [1.82, 2.24) is 9.88 Å². The lowest BCUT2D eigenvalue weighted by atomic mass is 10.1. The molecule has 1 heterocycles. The molecule has 0 saturated heterocycles. The molecule has 19 heavy (non-hydrogen) atoms. The predicted molar refractivity (Wildman–Crippen MR) is 78.2 cm³/mol. The Morgan fingerprint density at radius 1 is 1.42 bits per heavy atom. The van der Waals surface area contributed by atoms with Gasteiger partial charge in [0.05, 0.1) is 22.8 Å². The van der Waals surface area contributed by atoms with Gasteiger partial charge in [-0.2, -0.15) is 0 Å². The van der Waals surface area contributed by atoms with Crippen LogP contribution in [0.2, 0.25) is 0 Å². The van der Waals surface area contributed by atoms with E-state index in [-0.39, 0.29) is 5.91 Å². The van der Waals surface area contributed by atoms with E-state index < -0.39 is 0 Å². The Bertz CT molecular complexity index is 606. The van der Waals surface area contributed by atoms with Crippen molar-refractivity contribution in [2.75, 3.05) is 12.8 Å². The van der Waals surface area contributed by atoms with Crippen LogP contribution in [-0.4, -0.2) is 22.8 Å². The van der Waals surface area contributed by atoms with Gasteiger partial charge >= 0.3 is 0 Å². The molecule has 0 aliphatic heterocycles. The predicted octanol–water partition coefficient (Wildman–Crippen LogP) is 2.61. The van der Waals surface area contributed by atoms with Gasteiger partial charge in [-0.1, -0.05) is 12.1 Å². The van der Waals surface area contributed by atoms with Crippen molar-refractivity contribution in [2.24, 2.45) is 0 Å². The molecule has 1 amide bonds. The van der Waals surface area contributed by atoms with Crippen LogP contribution in [0.1, 0.15) is 26.6 Å². The third-order valence-corrected chi connectivity index (χ3v) is 3.79.